The van der Waals surface area contributed by atoms with E-state index in [0.29, 0.717) is 35.0 Å². The lowest BCUT2D eigenvalue weighted by Gasteiger charge is -2.33. The Kier molecular flexibility index (Phi) is 9.41. The summed E-state index contributed by atoms with van der Waals surface area (Å²) in [7, 11) is 1.35. The van der Waals surface area contributed by atoms with Gasteiger partial charge in [0.2, 0.25) is 11.8 Å². The zero-order valence-corrected chi connectivity index (χ0v) is 24.9. The van der Waals surface area contributed by atoms with E-state index < -0.39 is 23.8 Å². The molecule has 3 unspecified atom stereocenters. The minimum Gasteiger partial charge on any atom is -0.481 e. The molecule has 0 aliphatic heterocycles. The van der Waals surface area contributed by atoms with Crippen LogP contribution in [0.2, 0.25) is 0 Å². The molecule has 8 nitrogen and oxygen atoms in total. The third kappa shape index (κ3) is 6.96. The number of carboxylic acid groups (broad SMARTS) is 1. The highest BCUT2D eigenvalue weighted by Crippen LogP contribution is 2.44. The molecular formula is C30H36N2O6S2. The number of anilines is 2. The number of hydrogen-bond donors (Lipinski definition) is 3. The van der Waals surface area contributed by atoms with Crippen molar-refractivity contribution in [2.75, 3.05) is 23.5 Å². The van der Waals surface area contributed by atoms with Gasteiger partial charge in [-0.25, -0.2) is 4.79 Å². The van der Waals surface area contributed by atoms with Gasteiger partial charge in [0, 0.05) is 15.5 Å². The van der Waals surface area contributed by atoms with E-state index in [4.69, 9.17) is 4.74 Å². The SMILES string of the molecule is COC(=O)c1c(NC(=O)CSc2cccc(NC(=O)C3CC=CCC3C(=O)O)c2)sc2c1CCC(C(C)(C)C)C2. The number of allylic oxidation sites excluding steroid dienone is 2. The van der Waals surface area contributed by atoms with Gasteiger partial charge in [0.25, 0.3) is 0 Å². The van der Waals surface area contributed by atoms with Crippen LogP contribution in [0.1, 0.15) is 60.8 Å². The molecule has 10 heteroatoms. The van der Waals surface area contributed by atoms with Crippen molar-refractivity contribution in [1.82, 2.24) is 0 Å². The molecule has 1 aromatic carbocycles. The Morgan fingerprint density at radius 3 is 2.50 bits per heavy atom. The quantitative estimate of drug-likeness (QED) is 0.197. The number of fused-ring (bicyclic) bond motifs is 1. The number of esters is 1. The number of thiophene rings is 1. The average Bonchev–Trinajstić information content (AvgIpc) is 3.28. The standard InChI is InChI=1S/C30H36N2O6S2/c1-30(2,3)17-12-13-22-23(14-17)40-27(25(22)29(37)38-4)32-24(33)16-39-19-9-7-8-18(15-19)31-26(34)20-10-5-6-11-21(20)28(35)36/h5-9,15,17,20-21H,10-14,16H2,1-4H3,(H,31,34)(H,32,33)(H,35,36). The molecular weight excluding hydrogens is 548 g/mol. The molecule has 40 heavy (non-hydrogen) atoms. The normalized spacial score (nSPS) is 20.4. The fraction of sp³-hybridized carbons (Fsp3) is 0.467. The first kappa shape index (κ1) is 29.9. The van der Waals surface area contributed by atoms with Gasteiger partial charge in [0.15, 0.2) is 0 Å². The molecule has 0 bridgehead atoms. The molecule has 2 amide bonds. The first-order valence-corrected chi connectivity index (χ1v) is 15.2. The first-order chi connectivity index (χ1) is 19.0. The molecule has 2 aromatic rings. The van der Waals surface area contributed by atoms with E-state index >= 15 is 0 Å². The number of ether oxygens (including phenoxy) is 1. The third-order valence-corrected chi connectivity index (χ3v) is 9.85. The molecule has 2 aliphatic rings. The van der Waals surface area contributed by atoms with Crippen molar-refractivity contribution in [2.24, 2.45) is 23.2 Å². The van der Waals surface area contributed by atoms with Crippen LogP contribution in [0, 0.1) is 23.2 Å². The van der Waals surface area contributed by atoms with E-state index in [9.17, 15) is 24.3 Å². The second-order valence-electron chi connectivity index (χ2n) is 11.4. The highest BCUT2D eigenvalue weighted by atomic mass is 32.2. The van der Waals surface area contributed by atoms with Gasteiger partial charge in [-0.15, -0.1) is 23.1 Å². The van der Waals surface area contributed by atoms with Crippen LogP contribution in [0.4, 0.5) is 10.7 Å². The summed E-state index contributed by atoms with van der Waals surface area (Å²) < 4.78 is 5.06. The van der Waals surface area contributed by atoms with E-state index in [1.165, 1.54) is 30.2 Å². The van der Waals surface area contributed by atoms with Gasteiger partial charge in [-0.3, -0.25) is 14.4 Å². The monoisotopic (exact) mass is 584 g/mol. The molecule has 0 saturated carbocycles. The van der Waals surface area contributed by atoms with Crippen LogP contribution >= 0.6 is 23.1 Å². The van der Waals surface area contributed by atoms with Crippen molar-refractivity contribution in [1.29, 1.82) is 0 Å². The maximum Gasteiger partial charge on any atom is 0.341 e. The van der Waals surface area contributed by atoms with Gasteiger partial charge in [0.05, 0.1) is 30.3 Å². The molecule has 3 atom stereocenters. The summed E-state index contributed by atoms with van der Waals surface area (Å²) in [6.45, 7) is 6.70. The second kappa shape index (κ2) is 12.6. The van der Waals surface area contributed by atoms with Gasteiger partial charge in [-0.1, -0.05) is 39.0 Å². The van der Waals surface area contributed by atoms with Crippen molar-refractivity contribution < 1.29 is 29.0 Å². The number of nitrogens with one attached hydrogen (secondary N) is 2. The molecule has 0 fully saturated rings. The summed E-state index contributed by atoms with van der Waals surface area (Å²) in [4.78, 5) is 51.9. The minimum absolute atomic E-state index is 0.111. The predicted molar refractivity (Wildman–Crippen MR) is 158 cm³/mol. The highest BCUT2D eigenvalue weighted by Gasteiger charge is 2.35. The molecule has 1 heterocycles. The first-order valence-electron chi connectivity index (χ1n) is 13.4. The second-order valence-corrected chi connectivity index (χ2v) is 13.5. The number of benzene rings is 1. The van der Waals surface area contributed by atoms with E-state index in [1.54, 1.807) is 24.3 Å². The van der Waals surface area contributed by atoms with Crippen LogP contribution in [0.3, 0.4) is 0 Å². The Bertz CT molecular complexity index is 1330. The number of carbonyl (C=O) groups excluding carboxylic acids is 3. The van der Waals surface area contributed by atoms with E-state index in [2.05, 4.69) is 31.4 Å². The lowest BCUT2D eigenvalue weighted by Crippen LogP contribution is -2.34. The van der Waals surface area contributed by atoms with Crippen LogP contribution in [-0.2, 0) is 32.0 Å². The van der Waals surface area contributed by atoms with Crippen molar-refractivity contribution in [2.45, 2.75) is 57.8 Å². The minimum atomic E-state index is -0.976. The number of hydrogen-bond acceptors (Lipinski definition) is 7. The van der Waals surface area contributed by atoms with Gasteiger partial charge < -0.3 is 20.5 Å². The largest absolute Gasteiger partial charge is 0.481 e. The van der Waals surface area contributed by atoms with Gasteiger partial charge in [-0.2, -0.15) is 0 Å². The van der Waals surface area contributed by atoms with E-state index in [-0.39, 0.29) is 23.0 Å². The zero-order chi connectivity index (χ0) is 29.0. The zero-order valence-electron chi connectivity index (χ0n) is 23.2. The lowest BCUT2D eigenvalue weighted by atomic mass is 9.72. The van der Waals surface area contributed by atoms with Gasteiger partial charge in [-0.05, 0) is 67.2 Å². The molecule has 4 rings (SSSR count). The number of amides is 2. The smallest absolute Gasteiger partial charge is 0.341 e. The summed E-state index contributed by atoms with van der Waals surface area (Å²) in [6, 6.07) is 7.12. The van der Waals surface area contributed by atoms with Crippen LogP contribution in [0.25, 0.3) is 0 Å². The fourth-order valence-electron chi connectivity index (χ4n) is 5.32. The van der Waals surface area contributed by atoms with Crippen molar-refractivity contribution in [3.05, 3.63) is 52.4 Å². The topological polar surface area (TPSA) is 122 Å². The molecule has 0 radical (unpaired) electrons. The van der Waals surface area contributed by atoms with E-state index in [1.807, 2.05) is 12.1 Å². The summed E-state index contributed by atoms with van der Waals surface area (Å²) in [6.07, 6.45) is 7.00. The van der Waals surface area contributed by atoms with Gasteiger partial charge in [0.1, 0.15) is 5.00 Å². The van der Waals surface area contributed by atoms with Crippen molar-refractivity contribution >= 4 is 57.5 Å². The Morgan fingerprint density at radius 1 is 1.10 bits per heavy atom. The number of thioether (sulfide) groups is 1. The maximum atomic E-state index is 12.9. The van der Waals surface area contributed by atoms with Crippen molar-refractivity contribution in [3.63, 3.8) is 0 Å². The maximum absolute atomic E-state index is 12.9. The van der Waals surface area contributed by atoms with Crippen molar-refractivity contribution in [3.8, 4) is 0 Å². The lowest BCUT2D eigenvalue weighted by molar-refractivity contribution is -0.146. The Morgan fingerprint density at radius 2 is 1.82 bits per heavy atom. The number of aliphatic carboxylic acids is 1. The molecule has 3 N–H and O–H groups in total. The molecule has 2 aliphatic carbocycles. The highest BCUT2D eigenvalue weighted by molar-refractivity contribution is 8.00. The average molecular weight is 585 g/mol. The van der Waals surface area contributed by atoms with E-state index in [0.717, 1.165) is 34.6 Å². The summed E-state index contributed by atoms with van der Waals surface area (Å²) >= 11 is 2.77. The van der Waals surface area contributed by atoms with Crippen LogP contribution < -0.4 is 10.6 Å². The Balaban J connectivity index is 1.40. The van der Waals surface area contributed by atoms with Gasteiger partial charge >= 0.3 is 11.9 Å². The summed E-state index contributed by atoms with van der Waals surface area (Å²) in [5.74, 6) is -2.75. The van der Waals surface area contributed by atoms with Crippen LogP contribution in [-0.4, -0.2) is 41.7 Å². The molecule has 214 valence electrons. The number of carboxylic acids is 1. The fourth-order valence-corrected chi connectivity index (χ4v) is 7.40. The summed E-state index contributed by atoms with van der Waals surface area (Å²) in [5, 5.41) is 15.8. The summed E-state index contributed by atoms with van der Waals surface area (Å²) in [5.41, 5.74) is 2.16. The predicted octanol–water partition coefficient (Wildman–Crippen LogP) is 6.02. The number of carbonyl (C=O) groups is 4. The Hall–Kier alpha value is -3.11. The number of rotatable bonds is 8. The number of methoxy groups -OCH3 is 1. The molecule has 0 saturated heterocycles. The van der Waals surface area contributed by atoms with Crippen LogP contribution in [0.5, 0.6) is 0 Å². The van der Waals surface area contributed by atoms with Crippen LogP contribution in [0.15, 0.2) is 41.3 Å². The third-order valence-electron chi connectivity index (χ3n) is 7.69. The Labute approximate surface area is 243 Å². The molecule has 0 spiro atoms. The molecule has 1 aromatic heterocycles.